The standard InChI is InChI=1S/C13H14ClNO2/c14-9-2-4-11-8(7-9)1-3-12(15-11)10-5-6-17-13(10)16/h2,4,7,10,12,15H,1,3,5-6H2/t10?,12-/m0/s1. The van der Waals surface area contributed by atoms with Gasteiger partial charge in [-0.05, 0) is 43.0 Å². The highest BCUT2D eigenvalue weighted by molar-refractivity contribution is 6.30. The van der Waals surface area contributed by atoms with E-state index in [0.29, 0.717) is 6.61 Å². The van der Waals surface area contributed by atoms with Gasteiger partial charge in [0.25, 0.3) is 0 Å². The molecule has 1 N–H and O–H groups in total. The van der Waals surface area contributed by atoms with E-state index in [1.165, 1.54) is 5.56 Å². The fourth-order valence-electron chi connectivity index (χ4n) is 2.67. The second-order valence-corrected chi connectivity index (χ2v) is 5.09. The van der Waals surface area contributed by atoms with Crippen molar-refractivity contribution < 1.29 is 9.53 Å². The van der Waals surface area contributed by atoms with E-state index in [-0.39, 0.29) is 17.9 Å². The highest BCUT2D eigenvalue weighted by Gasteiger charge is 2.35. The van der Waals surface area contributed by atoms with Crippen LogP contribution < -0.4 is 5.32 Å². The molecule has 0 aliphatic carbocycles. The maximum absolute atomic E-state index is 11.6. The summed E-state index contributed by atoms with van der Waals surface area (Å²) in [5.74, 6) is -0.0428. The van der Waals surface area contributed by atoms with Gasteiger partial charge >= 0.3 is 5.97 Å². The third-order valence-electron chi connectivity index (χ3n) is 3.59. The number of hydrogen-bond acceptors (Lipinski definition) is 3. The first-order chi connectivity index (χ1) is 8.24. The number of anilines is 1. The number of nitrogens with one attached hydrogen (secondary N) is 1. The van der Waals surface area contributed by atoms with Crippen LogP contribution in [0.1, 0.15) is 18.4 Å². The molecule has 2 heterocycles. The third-order valence-corrected chi connectivity index (χ3v) is 3.83. The number of esters is 1. The number of halogens is 1. The fraction of sp³-hybridized carbons (Fsp3) is 0.462. The van der Waals surface area contributed by atoms with Crippen LogP contribution in [0.2, 0.25) is 5.02 Å². The van der Waals surface area contributed by atoms with Gasteiger partial charge < -0.3 is 10.1 Å². The summed E-state index contributed by atoms with van der Waals surface area (Å²) in [4.78, 5) is 11.6. The molecular formula is C13H14ClNO2. The van der Waals surface area contributed by atoms with E-state index in [0.717, 1.165) is 30.0 Å². The van der Waals surface area contributed by atoms with Gasteiger partial charge in [0.15, 0.2) is 0 Å². The van der Waals surface area contributed by atoms with Crippen LogP contribution in [-0.4, -0.2) is 18.6 Å². The molecule has 1 aromatic carbocycles. The molecule has 1 saturated heterocycles. The number of aryl methyl sites for hydroxylation is 1. The van der Waals surface area contributed by atoms with Crippen molar-refractivity contribution >= 4 is 23.3 Å². The summed E-state index contributed by atoms with van der Waals surface area (Å²) in [5.41, 5.74) is 2.34. The second-order valence-electron chi connectivity index (χ2n) is 4.65. The minimum absolute atomic E-state index is 0.0128. The maximum atomic E-state index is 11.6. The maximum Gasteiger partial charge on any atom is 0.311 e. The van der Waals surface area contributed by atoms with Gasteiger partial charge in [0.05, 0.1) is 12.5 Å². The number of benzene rings is 1. The fourth-order valence-corrected chi connectivity index (χ4v) is 2.87. The second kappa shape index (κ2) is 4.22. The summed E-state index contributed by atoms with van der Waals surface area (Å²) in [6.07, 6.45) is 2.77. The Labute approximate surface area is 105 Å². The average Bonchev–Trinajstić information content (AvgIpc) is 2.75. The number of fused-ring (bicyclic) bond motifs is 1. The molecule has 17 heavy (non-hydrogen) atoms. The van der Waals surface area contributed by atoms with Crippen LogP contribution in [-0.2, 0) is 16.0 Å². The van der Waals surface area contributed by atoms with Gasteiger partial charge in [0.1, 0.15) is 0 Å². The number of ether oxygens (including phenoxy) is 1. The molecule has 0 bridgehead atoms. The molecule has 90 valence electrons. The number of carbonyl (C=O) groups excluding carboxylic acids is 1. The summed E-state index contributed by atoms with van der Waals surface area (Å²) in [6.45, 7) is 0.565. The molecule has 3 rings (SSSR count). The van der Waals surface area contributed by atoms with Crippen LogP contribution in [0.3, 0.4) is 0 Å². The summed E-state index contributed by atoms with van der Waals surface area (Å²) >= 11 is 5.96. The van der Waals surface area contributed by atoms with E-state index >= 15 is 0 Å². The van der Waals surface area contributed by atoms with Crippen LogP contribution in [0.15, 0.2) is 18.2 Å². The van der Waals surface area contributed by atoms with E-state index in [1.807, 2.05) is 18.2 Å². The summed E-state index contributed by atoms with van der Waals surface area (Å²) in [7, 11) is 0. The Morgan fingerprint density at radius 3 is 3.00 bits per heavy atom. The number of hydrogen-bond donors (Lipinski definition) is 1. The lowest BCUT2D eigenvalue weighted by molar-refractivity contribution is -0.141. The van der Waals surface area contributed by atoms with E-state index in [4.69, 9.17) is 16.3 Å². The number of cyclic esters (lactones) is 1. The average molecular weight is 252 g/mol. The first-order valence-corrected chi connectivity index (χ1v) is 6.33. The molecule has 0 aromatic heterocycles. The first kappa shape index (κ1) is 10.9. The largest absolute Gasteiger partial charge is 0.465 e. The van der Waals surface area contributed by atoms with Crippen molar-refractivity contribution in [3.63, 3.8) is 0 Å². The Morgan fingerprint density at radius 2 is 2.24 bits per heavy atom. The lowest BCUT2D eigenvalue weighted by atomic mass is 9.89. The molecule has 2 aliphatic rings. The van der Waals surface area contributed by atoms with Crippen LogP contribution in [0.4, 0.5) is 5.69 Å². The highest BCUT2D eigenvalue weighted by atomic mass is 35.5. The minimum atomic E-state index is -0.0556. The summed E-state index contributed by atoms with van der Waals surface area (Å²) in [5, 5.41) is 4.20. The van der Waals surface area contributed by atoms with Crippen molar-refractivity contribution in [1.82, 2.24) is 0 Å². The van der Waals surface area contributed by atoms with Crippen LogP contribution >= 0.6 is 11.6 Å². The van der Waals surface area contributed by atoms with Crippen LogP contribution in [0.5, 0.6) is 0 Å². The highest BCUT2D eigenvalue weighted by Crippen LogP contribution is 2.32. The van der Waals surface area contributed by atoms with E-state index in [1.54, 1.807) is 0 Å². The lowest BCUT2D eigenvalue weighted by Gasteiger charge is -2.29. The Kier molecular flexibility index (Phi) is 2.71. The molecular weight excluding hydrogens is 238 g/mol. The topological polar surface area (TPSA) is 38.3 Å². The molecule has 0 amide bonds. The number of carbonyl (C=O) groups is 1. The van der Waals surface area contributed by atoms with Gasteiger partial charge in [0, 0.05) is 16.8 Å². The Morgan fingerprint density at radius 1 is 1.35 bits per heavy atom. The zero-order valence-corrected chi connectivity index (χ0v) is 10.2. The summed E-state index contributed by atoms with van der Waals surface area (Å²) < 4.78 is 5.03. The van der Waals surface area contributed by atoms with Crippen molar-refractivity contribution in [3.05, 3.63) is 28.8 Å². The normalized spacial score (nSPS) is 27.2. The molecule has 3 nitrogen and oxygen atoms in total. The molecule has 0 spiro atoms. The lowest BCUT2D eigenvalue weighted by Crippen LogP contribution is -2.35. The third kappa shape index (κ3) is 2.00. The van der Waals surface area contributed by atoms with Gasteiger partial charge in [-0.1, -0.05) is 11.6 Å². The molecule has 2 aliphatic heterocycles. The van der Waals surface area contributed by atoms with Crippen molar-refractivity contribution in [1.29, 1.82) is 0 Å². The van der Waals surface area contributed by atoms with Crippen LogP contribution in [0.25, 0.3) is 0 Å². The smallest absolute Gasteiger partial charge is 0.311 e. The minimum Gasteiger partial charge on any atom is -0.465 e. The Bertz CT molecular complexity index is 461. The number of rotatable bonds is 1. The van der Waals surface area contributed by atoms with Crippen LogP contribution in [0, 0.1) is 5.92 Å². The Hall–Kier alpha value is -1.22. The molecule has 2 atom stereocenters. The zero-order chi connectivity index (χ0) is 11.8. The van der Waals surface area contributed by atoms with Crippen molar-refractivity contribution in [2.75, 3.05) is 11.9 Å². The van der Waals surface area contributed by atoms with E-state index < -0.39 is 0 Å². The van der Waals surface area contributed by atoms with Gasteiger partial charge in [-0.15, -0.1) is 0 Å². The predicted octanol–water partition coefficient (Wildman–Crippen LogP) is 2.63. The SMILES string of the molecule is O=C1OCCC1[C@@H]1CCc2cc(Cl)ccc2N1. The van der Waals surface area contributed by atoms with E-state index in [9.17, 15) is 4.79 Å². The monoisotopic (exact) mass is 251 g/mol. The zero-order valence-electron chi connectivity index (χ0n) is 9.41. The van der Waals surface area contributed by atoms with Crippen molar-refractivity contribution in [2.24, 2.45) is 5.92 Å². The van der Waals surface area contributed by atoms with Crippen molar-refractivity contribution in [3.8, 4) is 0 Å². The molecule has 4 heteroatoms. The van der Waals surface area contributed by atoms with Crippen molar-refractivity contribution in [2.45, 2.75) is 25.3 Å². The summed E-state index contributed by atoms with van der Waals surface area (Å²) in [6, 6.07) is 6.07. The molecule has 1 unspecified atom stereocenters. The Balaban J connectivity index is 1.80. The quantitative estimate of drug-likeness (QED) is 0.780. The first-order valence-electron chi connectivity index (χ1n) is 5.95. The van der Waals surface area contributed by atoms with E-state index in [2.05, 4.69) is 5.32 Å². The van der Waals surface area contributed by atoms with Gasteiger partial charge in [-0.2, -0.15) is 0 Å². The predicted molar refractivity (Wildman–Crippen MR) is 66.2 cm³/mol. The molecule has 0 saturated carbocycles. The van der Waals surface area contributed by atoms with Gasteiger partial charge in [-0.3, -0.25) is 4.79 Å². The molecule has 0 radical (unpaired) electrons. The van der Waals surface area contributed by atoms with Gasteiger partial charge in [0.2, 0.25) is 0 Å². The molecule has 1 aromatic rings. The van der Waals surface area contributed by atoms with Gasteiger partial charge in [-0.25, -0.2) is 0 Å². The molecule has 1 fully saturated rings.